The highest BCUT2D eigenvalue weighted by atomic mass is 16.4. The fourth-order valence-electron chi connectivity index (χ4n) is 9.03. The van der Waals surface area contributed by atoms with Gasteiger partial charge in [-0.05, 0) is 111 Å². The topological polar surface area (TPSA) is 86.6 Å². The first-order chi connectivity index (χ1) is 14.6. The third-order valence-electron chi connectivity index (χ3n) is 10.7. The molecule has 176 valence electrons. The van der Waals surface area contributed by atoms with Gasteiger partial charge in [0, 0.05) is 6.42 Å². The highest BCUT2D eigenvalue weighted by molar-refractivity contribution is 5.81. The van der Waals surface area contributed by atoms with E-state index in [-0.39, 0.29) is 18.6 Å². The molecule has 0 aromatic heterocycles. The lowest BCUT2D eigenvalue weighted by Gasteiger charge is -2.61. The van der Waals surface area contributed by atoms with Gasteiger partial charge in [0.15, 0.2) is 0 Å². The Bertz CT molecular complexity index is 695. The van der Waals surface area contributed by atoms with Crippen LogP contribution in [0.1, 0.15) is 91.4 Å². The normalized spacial score (nSPS) is 45.2. The molecule has 0 heterocycles. The molecule has 5 heteroatoms. The van der Waals surface area contributed by atoms with Gasteiger partial charge in [0.1, 0.15) is 6.54 Å². The lowest BCUT2D eigenvalue weighted by atomic mass is 9.44. The summed E-state index contributed by atoms with van der Waals surface area (Å²) >= 11 is 0. The van der Waals surface area contributed by atoms with Crippen molar-refractivity contribution in [1.82, 2.24) is 5.32 Å². The number of carboxylic acid groups (broad SMARTS) is 1. The molecule has 0 aliphatic heterocycles. The van der Waals surface area contributed by atoms with Crippen molar-refractivity contribution in [2.45, 2.75) is 97.5 Å². The van der Waals surface area contributed by atoms with Crippen LogP contribution in [0.15, 0.2) is 0 Å². The minimum atomic E-state index is -0.986. The summed E-state index contributed by atoms with van der Waals surface area (Å²) in [6.07, 6.45) is 12.3. The number of carboxylic acids is 1. The van der Waals surface area contributed by atoms with E-state index in [2.05, 4.69) is 26.1 Å². The highest BCUT2D eigenvalue weighted by Crippen LogP contribution is 2.68. The summed E-state index contributed by atoms with van der Waals surface area (Å²) in [5.41, 5.74) is 0.810. The first-order valence-corrected chi connectivity index (χ1v) is 12.8. The quantitative estimate of drug-likeness (QED) is 0.570. The Kier molecular flexibility index (Phi) is 6.46. The predicted octanol–water partition coefficient (Wildman–Crippen LogP) is 4.62. The van der Waals surface area contributed by atoms with E-state index in [0.29, 0.717) is 35.0 Å². The molecule has 4 rings (SSSR count). The standard InChI is InChI=1S/C26H43NO4/c1-16(4-9-23(29)27-15-24(30)31)20-7-8-21-19-6-5-17-14-18(28)10-12-25(17,2)22(19)11-13-26(20,21)3/h16-22,28H,4-15H2,1-3H3,(H,27,29)(H,30,31)/t16-,17-,18-,19-,20+,21-,22-,25-,26+/m0/s1. The molecule has 9 atom stereocenters. The maximum absolute atomic E-state index is 12.0. The van der Waals surface area contributed by atoms with Crippen LogP contribution in [0.5, 0.6) is 0 Å². The van der Waals surface area contributed by atoms with Crippen molar-refractivity contribution in [1.29, 1.82) is 0 Å². The molecule has 1 amide bonds. The second-order valence-electron chi connectivity index (χ2n) is 12.0. The van der Waals surface area contributed by atoms with Gasteiger partial charge >= 0.3 is 5.97 Å². The van der Waals surface area contributed by atoms with Crippen LogP contribution >= 0.6 is 0 Å². The van der Waals surface area contributed by atoms with Crippen molar-refractivity contribution in [3.8, 4) is 0 Å². The van der Waals surface area contributed by atoms with Crippen LogP contribution < -0.4 is 5.32 Å². The Hall–Kier alpha value is -1.10. The molecule has 3 N–H and O–H groups in total. The lowest BCUT2D eigenvalue weighted by Crippen LogP contribution is -2.54. The predicted molar refractivity (Wildman–Crippen MR) is 120 cm³/mol. The Morgan fingerprint density at radius 1 is 1.00 bits per heavy atom. The van der Waals surface area contributed by atoms with Crippen molar-refractivity contribution in [2.75, 3.05) is 6.54 Å². The Labute approximate surface area is 187 Å². The third-order valence-corrected chi connectivity index (χ3v) is 10.7. The zero-order valence-electron chi connectivity index (χ0n) is 19.7. The van der Waals surface area contributed by atoms with Crippen molar-refractivity contribution < 1.29 is 19.8 Å². The van der Waals surface area contributed by atoms with Crippen LogP contribution in [-0.2, 0) is 9.59 Å². The fraction of sp³-hybridized carbons (Fsp3) is 0.923. The number of aliphatic hydroxyl groups excluding tert-OH is 1. The first-order valence-electron chi connectivity index (χ1n) is 12.8. The van der Waals surface area contributed by atoms with E-state index in [9.17, 15) is 14.7 Å². The molecule has 5 nitrogen and oxygen atoms in total. The summed E-state index contributed by atoms with van der Waals surface area (Å²) in [7, 11) is 0. The minimum absolute atomic E-state index is 0.0760. The van der Waals surface area contributed by atoms with Gasteiger partial charge in [-0.3, -0.25) is 9.59 Å². The second-order valence-corrected chi connectivity index (χ2v) is 12.0. The van der Waals surface area contributed by atoms with Crippen LogP contribution in [0.3, 0.4) is 0 Å². The highest BCUT2D eigenvalue weighted by Gasteiger charge is 2.60. The third kappa shape index (κ3) is 4.16. The molecule has 4 aliphatic rings. The van der Waals surface area contributed by atoms with E-state index < -0.39 is 5.97 Å². The lowest BCUT2D eigenvalue weighted by molar-refractivity contribution is -0.138. The van der Waals surface area contributed by atoms with E-state index in [0.717, 1.165) is 37.0 Å². The number of aliphatic carboxylic acids is 1. The van der Waals surface area contributed by atoms with E-state index in [1.54, 1.807) is 0 Å². The van der Waals surface area contributed by atoms with E-state index in [4.69, 9.17) is 5.11 Å². The minimum Gasteiger partial charge on any atom is -0.480 e. The van der Waals surface area contributed by atoms with Crippen LogP contribution in [0.4, 0.5) is 0 Å². The molecule has 0 radical (unpaired) electrons. The van der Waals surface area contributed by atoms with E-state index >= 15 is 0 Å². The van der Waals surface area contributed by atoms with Gasteiger partial charge in [-0.2, -0.15) is 0 Å². The van der Waals surface area contributed by atoms with Crippen molar-refractivity contribution in [2.24, 2.45) is 46.3 Å². The Balaban J connectivity index is 1.40. The number of aliphatic hydroxyl groups is 1. The number of carbonyl (C=O) groups is 2. The number of rotatable bonds is 6. The number of carbonyl (C=O) groups excluding carboxylic acids is 1. The largest absolute Gasteiger partial charge is 0.480 e. The summed E-state index contributed by atoms with van der Waals surface area (Å²) in [6, 6.07) is 0. The zero-order chi connectivity index (χ0) is 22.4. The first kappa shape index (κ1) is 23.1. The molecule has 0 aromatic rings. The summed E-state index contributed by atoms with van der Waals surface area (Å²) in [6.45, 7) is 7.13. The van der Waals surface area contributed by atoms with Gasteiger partial charge in [-0.1, -0.05) is 20.8 Å². The smallest absolute Gasteiger partial charge is 0.322 e. The van der Waals surface area contributed by atoms with Crippen LogP contribution in [0.25, 0.3) is 0 Å². The van der Waals surface area contributed by atoms with Crippen molar-refractivity contribution in [3.63, 3.8) is 0 Å². The van der Waals surface area contributed by atoms with Gasteiger partial charge in [0.05, 0.1) is 6.10 Å². The zero-order valence-corrected chi connectivity index (χ0v) is 19.7. The average molecular weight is 434 g/mol. The summed E-state index contributed by atoms with van der Waals surface area (Å²) in [5, 5.41) is 21.5. The number of amides is 1. The fourth-order valence-corrected chi connectivity index (χ4v) is 9.03. The summed E-state index contributed by atoms with van der Waals surface area (Å²) in [4.78, 5) is 22.7. The van der Waals surface area contributed by atoms with Crippen LogP contribution in [-0.4, -0.2) is 34.7 Å². The van der Waals surface area contributed by atoms with Gasteiger partial charge in [-0.15, -0.1) is 0 Å². The number of fused-ring (bicyclic) bond motifs is 5. The molecule has 4 saturated carbocycles. The monoisotopic (exact) mass is 433 g/mol. The van der Waals surface area contributed by atoms with Crippen LogP contribution in [0.2, 0.25) is 0 Å². The molecular formula is C26H43NO4. The SMILES string of the molecule is C[C@@H](CCC(=O)NCC(=O)O)[C@H]1CC[C@H]2[C@@H]3CC[C@H]4C[C@@H](O)CC[C@]4(C)[C@H]3CC[C@]12C. The molecule has 4 aliphatic carbocycles. The number of nitrogens with one attached hydrogen (secondary N) is 1. The van der Waals surface area contributed by atoms with Crippen molar-refractivity contribution >= 4 is 11.9 Å². The molecular weight excluding hydrogens is 390 g/mol. The molecule has 0 aromatic carbocycles. The number of hydrogen-bond donors (Lipinski definition) is 3. The Morgan fingerprint density at radius 2 is 1.71 bits per heavy atom. The molecule has 31 heavy (non-hydrogen) atoms. The van der Waals surface area contributed by atoms with Gasteiger partial charge in [0.25, 0.3) is 0 Å². The maximum Gasteiger partial charge on any atom is 0.322 e. The van der Waals surface area contributed by atoms with Crippen LogP contribution in [0, 0.1) is 46.3 Å². The molecule has 0 spiro atoms. The summed E-state index contributed by atoms with van der Waals surface area (Å²) in [5.74, 6) is 3.23. The van der Waals surface area contributed by atoms with E-state index in [1.165, 1.54) is 44.9 Å². The molecule has 4 fully saturated rings. The molecule has 0 saturated heterocycles. The van der Waals surface area contributed by atoms with Gasteiger partial charge < -0.3 is 15.5 Å². The average Bonchev–Trinajstić information content (AvgIpc) is 3.08. The molecule has 0 bridgehead atoms. The number of hydrogen-bond acceptors (Lipinski definition) is 3. The van der Waals surface area contributed by atoms with E-state index in [1.807, 2.05) is 0 Å². The van der Waals surface area contributed by atoms with Gasteiger partial charge in [0.2, 0.25) is 5.91 Å². The maximum atomic E-state index is 12.0. The molecule has 0 unspecified atom stereocenters. The Morgan fingerprint density at radius 3 is 2.45 bits per heavy atom. The van der Waals surface area contributed by atoms with Gasteiger partial charge in [-0.25, -0.2) is 0 Å². The van der Waals surface area contributed by atoms with Crippen molar-refractivity contribution in [3.05, 3.63) is 0 Å². The second kappa shape index (κ2) is 8.68. The summed E-state index contributed by atoms with van der Waals surface area (Å²) < 4.78 is 0.